The predicted octanol–water partition coefficient (Wildman–Crippen LogP) is 6.42. The molecule has 0 amide bonds. The molecule has 23 heavy (non-hydrogen) atoms. The minimum absolute atomic E-state index is 0.202. The molecule has 0 fully saturated rings. The summed E-state index contributed by atoms with van der Waals surface area (Å²) in [6.45, 7) is 13.0. The zero-order valence-electron chi connectivity index (χ0n) is 14.9. The first-order chi connectivity index (χ1) is 10.7. The Bertz CT molecular complexity index is 313. The van der Waals surface area contributed by atoms with Crippen molar-refractivity contribution in [1.82, 2.24) is 5.32 Å². The van der Waals surface area contributed by atoms with Crippen molar-refractivity contribution < 1.29 is 13.2 Å². The van der Waals surface area contributed by atoms with Crippen LogP contribution in [0, 0.1) is 5.41 Å². The van der Waals surface area contributed by atoms with E-state index in [1.54, 1.807) is 0 Å². The highest BCUT2D eigenvalue weighted by Gasteiger charge is 2.25. The first-order valence-electron chi connectivity index (χ1n) is 8.74. The summed E-state index contributed by atoms with van der Waals surface area (Å²) in [5.41, 5.74) is 0.202. The van der Waals surface area contributed by atoms with Crippen LogP contribution in [0.3, 0.4) is 0 Å². The molecule has 0 aliphatic carbocycles. The Balaban J connectivity index is 3.71. The Hall–Kier alpha value is -0.770. The minimum Gasteiger partial charge on any atom is -0.314 e. The number of allylic oxidation sites excluding steroid dienone is 2. The molecule has 1 atom stereocenters. The van der Waals surface area contributed by atoms with Crippen molar-refractivity contribution in [3.05, 3.63) is 25.3 Å². The maximum Gasteiger partial charge on any atom is 0.389 e. The van der Waals surface area contributed by atoms with E-state index in [-0.39, 0.29) is 11.8 Å². The summed E-state index contributed by atoms with van der Waals surface area (Å²) < 4.78 is 36.0. The van der Waals surface area contributed by atoms with Gasteiger partial charge >= 0.3 is 6.18 Å². The standard InChI is InChI=1S/C19H34F3N/c1-5-12-18(4,13-6-2)16-17(3)23-15-11-9-7-8-10-14-19(20,21)22/h5-6,17,23H,1-2,7-16H2,3-4H3. The maximum atomic E-state index is 12.0. The fraction of sp³-hybridized carbons (Fsp3) is 0.789. The molecule has 0 aliphatic heterocycles. The van der Waals surface area contributed by atoms with Gasteiger partial charge in [0.2, 0.25) is 0 Å². The predicted molar refractivity (Wildman–Crippen MR) is 93.6 cm³/mol. The van der Waals surface area contributed by atoms with Crippen molar-refractivity contribution in [2.75, 3.05) is 6.54 Å². The molecule has 0 saturated heterocycles. The van der Waals surface area contributed by atoms with Gasteiger partial charge in [-0.3, -0.25) is 0 Å². The van der Waals surface area contributed by atoms with Gasteiger partial charge in [-0.1, -0.05) is 38.3 Å². The third kappa shape index (κ3) is 13.4. The second kappa shape index (κ2) is 11.7. The van der Waals surface area contributed by atoms with E-state index >= 15 is 0 Å². The number of halogens is 3. The lowest BCUT2D eigenvalue weighted by Gasteiger charge is -2.30. The second-order valence-electron chi connectivity index (χ2n) is 6.99. The van der Waals surface area contributed by atoms with Crippen LogP contribution in [0.4, 0.5) is 13.2 Å². The zero-order chi connectivity index (χ0) is 17.8. The first-order valence-corrected chi connectivity index (χ1v) is 8.74. The molecule has 0 radical (unpaired) electrons. The number of alkyl halides is 3. The minimum atomic E-state index is -4.00. The molecule has 0 bridgehead atoms. The SMILES string of the molecule is C=CCC(C)(CC=C)CC(C)NCCCCCCCC(F)(F)F. The molecule has 136 valence electrons. The van der Waals surface area contributed by atoms with E-state index < -0.39 is 12.6 Å². The van der Waals surface area contributed by atoms with Crippen LogP contribution >= 0.6 is 0 Å². The molecule has 1 unspecified atom stereocenters. The van der Waals surface area contributed by atoms with Gasteiger partial charge in [-0.05, 0) is 51.0 Å². The summed E-state index contributed by atoms with van der Waals surface area (Å²) in [5.74, 6) is 0. The topological polar surface area (TPSA) is 12.0 Å². The normalized spacial score (nSPS) is 13.8. The molecule has 1 N–H and O–H groups in total. The molecular weight excluding hydrogens is 299 g/mol. The third-order valence-electron chi connectivity index (χ3n) is 4.20. The summed E-state index contributed by atoms with van der Waals surface area (Å²) in [7, 11) is 0. The van der Waals surface area contributed by atoms with Gasteiger partial charge in [-0.25, -0.2) is 0 Å². The number of unbranched alkanes of at least 4 members (excludes halogenated alkanes) is 4. The van der Waals surface area contributed by atoms with Crippen LogP contribution < -0.4 is 5.32 Å². The van der Waals surface area contributed by atoms with Crippen LogP contribution in [0.15, 0.2) is 25.3 Å². The van der Waals surface area contributed by atoms with Crippen molar-refractivity contribution in [3.63, 3.8) is 0 Å². The Labute approximate surface area is 140 Å². The molecule has 0 aromatic carbocycles. The fourth-order valence-electron chi connectivity index (χ4n) is 3.09. The molecule has 0 aromatic heterocycles. The molecular formula is C19H34F3N. The van der Waals surface area contributed by atoms with Crippen molar-refractivity contribution in [3.8, 4) is 0 Å². The monoisotopic (exact) mass is 333 g/mol. The Morgan fingerprint density at radius 2 is 1.48 bits per heavy atom. The summed E-state index contributed by atoms with van der Waals surface area (Å²) in [4.78, 5) is 0. The van der Waals surface area contributed by atoms with E-state index in [2.05, 4.69) is 32.3 Å². The quantitative estimate of drug-likeness (QED) is 0.286. The molecule has 0 rings (SSSR count). The van der Waals surface area contributed by atoms with E-state index in [0.29, 0.717) is 12.5 Å². The van der Waals surface area contributed by atoms with Crippen LogP contribution in [0.25, 0.3) is 0 Å². The third-order valence-corrected chi connectivity index (χ3v) is 4.20. The molecule has 0 aliphatic rings. The van der Waals surface area contributed by atoms with Gasteiger partial charge in [-0.15, -0.1) is 13.2 Å². The molecule has 1 nitrogen and oxygen atoms in total. The fourth-order valence-corrected chi connectivity index (χ4v) is 3.09. The number of hydrogen-bond donors (Lipinski definition) is 1. The van der Waals surface area contributed by atoms with Gasteiger partial charge in [0.15, 0.2) is 0 Å². The van der Waals surface area contributed by atoms with Crippen molar-refractivity contribution in [2.45, 2.75) is 83.9 Å². The van der Waals surface area contributed by atoms with Crippen LogP contribution in [0.2, 0.25) is 0 Å². The highest BCUT2D eigenvalue weighted by atomic mass is 19.4. The molecule has 0 heterocycles. The van der Waals surface area contributed by atoms with Gasteiger partial charge in [0, 0.05) is 12.5 Å². The Kier molecular flexibility index (Phi) is 11.3. The molecule has 0 aromatic rings. The lowest BCUT2D eigenvalue weighted by molar-refractivity contribution is -0.135. The van der Waals surface area contributed by atoms with Gasteiger partial charge in [0.1, 0.15) is 0 Å². The Morgan fingerprint density at radius 3 is 2.00 bits per heavy atom. The molecule has 0 saturated carbocycles. The first kappa shape index (κ1) is 22.2. The van der Waals surface area contributed by atoms with Crippen molar-refractivity contribution in [1.29, 1.82) is 0 Å². The number of nitrogens with one attached hydrogen (secondary N) is 1. The van der Waals surface area contributed by atoms with Crippen LogP contribution in [-0.4, -0.2) is 18.8 Å². The number of rotatable bonds is 14. The van der Waals surface area contributed by atoms with E-state index in [0.717, 1.165) is 45.1 Å². The van der Waals surface area contributed by atoms with E-state index in [1.807, 2.05) is 12.2 Å². The maximum absolute atomic E-state index is 12.0. The summed E-state index contributed by atoms with van der Waals surface area (Å²) in [6, 6.07) is 0.421. The Morgan fingerprint density at radius 1 is 0.957 bits per heavy atom. The summed E-state index contributed by atoms with van der Waals surface area (Å²) in [5, 5.41) is 3.52. The summed E-state index contributed by atoms with van der Waals surface area (Å²) >= 11 is 0. The van der Waals surface area contributed by atoms with Crippen LogP contribution in [0.1, 0.15) is 71.6 Å². The van der Waals surface area contributed by atoms with E-state index in [1.165, 1.54) is 0 Å². The smallest absolute Gasteiger partial charge is 0.314 e. The zero-order valence-corrected chi connectivity index (χ0v) is 14.9. The number of hydrogen-bond acceptors (Lipinski definition) is 1. The van der Waals surface area contributed by atoms with Gasteiger partial charge in [-0.2, -0.15) is 13.2 Å². The van der Waals surface area contributed by atoms with Gasteiger partial charge < -0.3 is 5.32 Å². The average Bonchev–Trinajstić information content (AvgIpc) is 2.40. The van der Waals surface area contributed by atoms with Crippen LogP contribution in [-0.2, 0) is 0 Å². The van der Waals surface area contributed by atoms with E-state index in [9.17, 15) is 13.2 Å². The van der Waals surface area contributed by atoms with Crippen molar-refractivity contribution >= 4 is 0 Å². The molecule has 0 spiro atoms. The van der Waals surface area contributed by atoms with Gasteiger partial charge in [0.05, 0.1) is 0 Å². The largest absolute Gasteiger partial charge is 0.389 e. The lowest BCUT2D eigenvalue weighted by Crippen LogP contribution is -2.32. The lowest BCUT2D eigenvalue weighted by atomic mass is 9.78. The molecule has 4 heteroatoms. The van der Waals surface area contributed by atoms with Crippen molar-refractivity contribution in [2.24, 2.45) is 5.41 Å². The highest BCUT2D eigenvalue weighted by Crippen LogP contribution is 2.32. The second-order valence-corrected chi connectivity index (χ2v) is 6.99. The highest BCUT2D eigenvalue weighted by molar-refractivity contribution is 4.90. The van der Waals surface area contributed by atoms with Crippen LogP contribution in [0.5, 0.6) is 0 Å². The van der Waals surface area contributed by atoms with Gasteiger partial charge in [0.25, 0.3) is 0 Å². The average molecular weight is 333 g/mol. The van der Waals surface area contributed by atoms with E-state index in [4.69, 9.17) is 0 Å². The summed E-state index contributed by atoms with van der Waals surface area (Å²) in [6.07, 6.45) is 6.15.